The number of anilines is 2. The average Bonchev–Trinajstić information content (AvgIpc) is 3.02. The SMILES string of the molecule is CCCSc1nnc(NC(=O)C(C)N(c2ccc(C)c(Cl)c2)S(C)(=O)=O)s1. The second-order valence-corrected chi connectivity index (χ2v) is 10.5. The van der Waals surface area contributed by atoms with E-state index in [9.17, 15) is 13.2 Å². The number of nitrogens with zero attached hydrogens (tertiary/aromatic N) is 3. The molecule has 27 heavy (non-hydrogen) atoms. The summed E-state index contributed by atoms with van der Waals surface area (Å²) in [5.41, 5.74) is 1.14. The van der Waals surface area contributed by atoms with E-state index in [-0.39, 0.29) is 0 Å². The number of benzene rings is 1. The first-order chi connectivity index (χ1) is 12.6. The van der Waals surface area contributed by atoms with Crippen LogP contribution in [-0.4, -0.2) is 42.6 Å². The summed E-state index contributed by atoms with van der Waals surface area (Å²) < 4.78 is 26.4. The van der Waals surface area contributed by atoms with Crippen LogP contribution < -0.4 is 9.62 Å². The van der Waals surface area contributed by atoms with Crippen LogP contribution in [-0.2, 0) is 14.8 Å². The lowest BCUT2D eigenvalue weighted by molar-refractivity contribution is -0.116. The number of hydrogen-bond acceptors (Lipinski definition) is 7. The Morgan fingerprint density at radius 2 is 2.11 bits per heavy atom. The van der Waals surface area contributed by atoms with E-state index in [1.165, 1.54) is 24.3 Å². The highest BCUT2D eigenvalue weighted by Crippen LogP contribution is 2.28. The third-order valence-corrected chi connectivity index (χ3v) is 7.39. The third kappa shape index (κ3) is 5.81. The van der Waals surface area contributed by atoms with E-state index in [2.05, 4.69) is 22.4 Å². The minimum absolute atomic E-state index is 0.326. The molecular formula is C16H21ClN4O3S3. The first kappa shape index (κ1) is 21.9. The Kier molecular flexibility index (Phi) is 7.49. The van der Waals surface area contributed by atoms with Crippen molar-refractivity contribution < 1.29 is 13.2 Å². The van der Waals surface area contributed by atoms with Crippen LogP contribution in [0.25, 0.3) is 0 Å². The van der Waals surface area contributed by atoms with Gasteiger partial charge in [0.05, 0.1) is 11.9 Å². The molecule has 1 heterocycles. The molecular weight excluding hydrogens is 428 g/mol. The monoisotopic (exact) mass is 448 g/mol. The molecule has 1 aromatic carbocycles. The number of rotatable bonds is 8. The van der Waals surface area contributed by atoms with Gasteiger partial charge in [-0.1, -0.05) is 47.7 Å². The number of aromatic nitrogens is 2. The lowest BCUT2D eigenvalue weighted by Gasteiger charge is -2.28. The zero-order valence-electron chi connectivity index (χ0n) is 15.4. The summed E-state index contributed by atoms with van der Waals surface area (Å²) in [6, 6.07) is 3.87. The first-order valence-corrected chi connectivity index (χ1v) is 12.2. The number of thioether (sulfide) groups is 1. The summed E-state index contributed by atoms with van der Waals surface area (Å²) in [6.07, 6.45) is 2.06. The number of nitrogens with one attached hydrogen (secondary N) is 1. The molecule has 0 aliphatic rings. The van der Waals surface area contributed by atoms with Gasteiger partial charge in [-0.15, -0.1) is 10.2 Å². The molecule has 1 amide bonds. The summed E-state index contributed by atoms with van der Waals surface area (Å²) in [6.45, 7) is 5.39. The maximum absolute atomic E-state index is 12.6. The number of sulfonamides is 1. The van der Waals surface area contributed by atoms with Crippen LogP contribution in [0.1, 0.15) is 25.8 Å². The minimum Gasteiger partial charge on any atom is -0.299 e. The highest BCUT2D eigenvalue weighted by molar-refractivity contribution is 8.01. The fourth-order valence-corrected chi connectivity index (χ4v) is 5.27. The minimum atomic E-state index is -3.71. The summed E-state index contributed by atoms with van der Waals surface area (Å²) in [7, 11) is -3.71. The number of carbonyl (C=O) groups excluding carboxylic acids is 1. The standard InChI is InChI=1S/C16H21ClN4O3S3/c1-5-8-25-16-20-19-15(26-16)18-14(22)11(3)21(27(4,23)24)12-7-6-10(2)13(17)9-12/h6-7,9,11H,5,8H2,1-4H3,(H,18,19,22). The summed E-state index contributed by atoms with van der Waals surface area (Å²) in [5.74, 6) is 0.412. The molecule has 1 unspecified atom stereocenters. The van der Waals surface area contributed by atoms with Gasteiger partial charge in [0, 0.05) is 10.8 Å². The van der Waals surface area contributed by atoms with Crippen molar-refractivity contribution in [1.29, 1.82) is 0 Å². The van der Waals surface area contributed by atoms with Gasteiger partial charge >= 0.3 is 0 Å². The molecule has 0 radical (unpaired) electrons. The quantitative estimate of drug-likeness (QED) is 0.487. The average molecular weight is 449 g/mol. The maximum atomic E-state index is 12.6. The number of carbonyl (C=O) groups is 1. The van der Waals surface area contributed by atoms with Crippen molar-refractivity contribution in [3.63, 3.8) is 0 Å². The van der Waals surface area contributed by atoms with Crippen molar-refractivity contribution >= 4 is 61.4 Å². The molecule has 7 nitrogen and oxygen atoms in total. The fraction of sp³-hybridized carbons (Fsp3) is 0.438. The Hall–Kier alpha value is -1.36. The molecule has 0 bridgehead atoms. The van der Waals surface area contributed by atoms with Gasteiger partial charge in [0.1, 0.15) is 6.04 Å². The van der Waals surface area contributed by atoms with Gasteiger partial charge in [-0.05, 0) is 38.0 Å². The predicted molar refractivity (Wildman–Crippen MR) is 113 cm³/mol. The highest BCUT2D eigenvalue weighted by Gasteiger charge is 2.30. The molecule has 148 valence electrons. The highest BCUT2D eigenvalue weighted by atomic mass is 35.5. The van der Waals surface area contributed by atoms with E-state index >= 15 is 0 Å². The Bertz CT molecular complexity index is 917. The molecule has 11 heteroatoms. The van der Waals surface area contributed by atoms with Crippen LogP contribution in [0.15, 0.2) is 22.5 Å². The summed E-state index contributed by atoms with van der Waals surface area (Å²) in [4.78, 5) is 12.6. The molecule has 0 fully saturated rings. The lowest BCUT2D eigenvalue weighted by atomic mass is 10.2. The maximum Gasteiger partial charge on any atom is 0.249 e. The van der Waals surface area contributed by atoms with Crippen molar-refractivity contribution in [1.82, 2.24) is 10.2 Å². The molecule has 2 aromatic rings. The van der Waals surface area contributed by atoms with Crippen LogP contribution in [0.5, 0.6) is 0 Å². The summed E-state index contributed by atoms with van der Waals surface area (Å²) in [5, 5.41) is 11.3. The van der Waals surface area contributed by atoms with Gasteiger partial charge in [-0.25, -0.2) is 8.42 Å². The Morgan fingerprint density at radius 1 is 1.41 bits per heavy atom. The Balaban J connectivity index is 2.22. The molecule has 1 N–H and O–H groups in total. The van der Waals surface area contributed by atoms with Crippen molar-refractivity contribution in [2.45, 2.75) is 37.6 Å². The van der Waals surface area contributed by atoms with Crippen molar-refractivity contribution in [2.75, 3.05) is 21.6 Å². The number of hydrogen-bond donors (Lipinski definition) is 1. The smallest absolute Gasteiger partial charge is 0.249 e. The van der Waals surface area contributed by atoms with Crippen molar-refractivity contribution in [3.05, 3.63) is 28.8 Å². The van der Waals surface area contributed by atoms with E-state index in [4.69, 9.17) is 11.6 Å². The second kappa shape index (κ2) is 9.22. The molecule has 0 aliphatic heterocycles. The van der Waals surface area contributed by atoms with Crippen LogP contribution in [0, 0.1) is 6.92 Å². The topological polar surface area (TPSA) is 92.3 Å². The number of halogens is 1. The van der Waals surface area contributed by atoms with E-state index in [0.717, 1.165) is 32.6 Å². The van der Waals surface area contributed by atoms with E-state index in [0.29, 0.717) is 15.8 Å². The van der Waals surface area contributed by atoms with Gasteiger partial charge in [-0.2, -0.15) is 0 Å². The molecule has 1 atom stereocenters. The van der Waals surface area contributed by atoms with Crippen LogP contribution in [0.4, 0.5) is 10.8 Å². The normalized spacial score (nSPS) is 12.6. The lowest BCUT2D eigenvalue weighted by Crippen LogP contribution is -2.45. The predicted octanol–water partition coefficient (Wildman–Crippen LogP) is 3.80. The molecule has 0 aliphatic carbocycles. The van der Waals surface area contributed by atoms with E-state index in [1.807, 2.05) is 6.92 Å². The molecule has 0 saturated heterocycles. The molecule has 0 spiro atoms. The number of amides is 1. The van der Waals surface area contributed by atoms with Gasteiger partial charge in [0.25, 0.3) is 0 Å². The molecule has 2 rings (SSSR count). The molecule has 0 saturated carbocycles. The van der Waals surface area contributed by atoms with Gasteiger partial charge in [0.15, 0.2) is 4.34 Å². The second-order valence-electron chi connectivity index (χ2n) is 5.88. The van der Waals surface area contributed by atoms with Crippen molar-refractivity contribution in [3.8, 4) is 0 Å². The largest absolute Gasteiger partial charge is 0.299 e. The fourth-order valence-electron chi connectivity index (χ4n) is 2.25. The number of aryl methyl sites for hydroxylation is 1. The third-order valence-electron chi connectivity index (χ3n) is 3.56. The van der Waals surface area contributed by atoms with Crippen LogP contribution >= 0.6 is 34.7 Å². The van der Waals surface area contributed by atoms with Crippen LogP contribution in [0.3, 0.4) is 0 Å². The van der Waals surface area contributed by atoms with Gasteiger partial charge in [0.2, 0.25) is 21.1 Å². The van der Waals surface area contributed by atoms with E-state index < -0.39 is 22.0 Å². The Labute approximate surface area is 172 Å². The van der Waals surface area contributed by atoms with Gasteiger partial charge in [-0.3, -0.25) is 14.4 Å². The van der Waals surface area contributed by atoms with Crippen molar-refractivity contribution in [2.24, 2.45) is 0 Å². The zero-order chi connectivity index (χ0) is 20.2. The summed E-state index contributed by atoms with van der Waals surface area (Å²) >= 11 is 8.94. The molecule has 1 aromatic heterocycles. The first-order valence-electron chi connectivity index (χ1n) is 8.16. The van der Waals surface area contributed by atoms with Gasteiger partial charge < -0.3 is 0 Å². The van der Waals surface area contributed by atoms with Crippen LogP contribution in [0.2, 0.25) is 5.02 Å². The zero-order valence-corrected chi connectivity index (χ0v) is 18.6. The van der Waals surface area contributed by atoms with E-state index in [1.54, 1.807) is 23.9 Å². The Morgan fingerprint density at radius 3 is 2.70 bits per heavy atom.